The van der Waals surface area contributed by atoms with Gasteiger partial charge in [-0.2, -0.15) is 5.26 Å². The van der Waals surface area contributed by atoms with Gasteiger partial charge >= 0.3 is 0 Å². The first kappa shape index (κ1) is 18.0. The van der Waals surface area contributed by atoms with Gasteiger partial charge in [-0.3, -0.25) is 9.59 Å². The fraction of sp³-hybridized carbons (Fsp3) is 0.150. The zero-order valence-electron chi connectivity index (χ0n) is 14.1. The van der Waals surface area contributed by atoms with Gasteiger partial charge in [-0.25, -0.2) is 0 Å². The Balaban J connectivity index is 2.10. The Kier molecular flexibility index (Phi) is 6.08. The summed E-state index contributed by atoms with van der Waals surface area (Å²) in [6.45, 7) is 3.30. The van der Waals surface area contributed by atoms with Crippen LogP contribution in [0.2, 0.25) is 0 Å². The molecule has 0 aromatic heterocycles. The molecule has 5 nitrogen and oxygen atoms in total. The summed E-state index contributed by atoms with van der Waals surface area (Å²) in [4.78, 5) is 23.3. The van der Waals surface area contributed by atoms with Crippen molar-refractivity contribution in [2.75, 3.05) is 5.32 Å². The molecule has 0 heterocycles. The largest absolute Gasteiger partial charge is 0.345 e. The lowest BCUT2D eigenvalue weighted by Crippen LogP contribution is -2.27. The second-order valence-electron chi connectivity index (χ2n) is 5.58. The summed E-state index contributed by atoms with van der Waals surface area (Å²) in [5.41, 5.74) is 2.35. The van der Waals surface area contributed by atoms with E-state index in [1.54, 1.807) is 24.3 Å². The third kappa shape index (κ3) is 5.33. The Morgan fingerprint density at radius 3 is 2.28 bits per heavy atom. The summed E-state index contributed by atoms with van der Waals surface area (Å²) < 4.78 is 0. The minimum atomic E-state index is -0.426. The molecule has 2 rings (SSSR count). The molecule has 0 aliphatic carbocycles. The zero-order chi connectivity index (χ0) is 18.2. The summed E-state index contributed by atoms with van der Waals surface area (Å²) in [7, 11) is 0. The van der Waals surface area contributed by atoms with Gasteiger partial charge in [0.15, 0.2) is 0 Å². The molecule has 0 fully saturated rings. The molecular formula is C20H19N3O2. The highest BCUT2D eigenvalue weighted by Gasteiger charge is 2.13. The van der Waals surface area contributed by atoms with Gasteiger partial charge in [0.2, 0.25) is 5.91 Å². The Morgan fingerprint density at radius 2 is 1.72 bits per heavy atom. The minimum absolute atomic E-state index is 0.0232. The monoisotopic (exact) mass is 333 g/mol. The molecule has 2 aromatic carbocycles. The molecule has 0 saturated carbocycles. The number of amides is 2. The molecular weight excluding hydrogens is 314 g/mol. The molecule has 25 heavy (non-hydrogen) atoms. The van der Waals surface area contributed by atoms with E-state index in [1.807, 2.05) is 43.3 Å². The van der Waals surface area contributed by atoms with Crippen molar-refractivity contribution in [2.24, 2.45) is 0 Å². The molecule has 126 valence electrons. The number of carbonyl (C=O) groups is 2. The van der Waals surface area contributed by atoms with Crippen LogP contribution in [0.25, 0.3) is 6.08 Å². The van der Waals surface area contributed by atoms with Crippen molar-refractivity contribution in [1.82, 2.24) is 5.32 Å². The highest BCUT2D eigenvalue weighted by Crippen LogP contribution is 2.15. The highest BCUT2D eigenvalue weighted by atomic mass is 16.2. The molecule has 0 saturated heterocycles. The Morgan fingerprint density at radius 1 is 1.08 bits per heavy atom. The average Bonchev–Trinajstić information content (AvgIpc) is 2.61. The first-order valence-electron chi connectivity index (χ1n) is 7.85. The lowest BCUT2D eigenvalue weighted by atomic mass is 10.1. The molecule has 0 bridgehead atoms. The van der Waals surface area contributed by atoms with E-state index in [2.05, 4.69) is 10.6 Å². The number of hydrogen-bond acceptors (Lipinski definition) is 3. The smallest absolute Gasteiger partial charge is 0.262 e. The summed E-state index contributed by atoms with van der Waals surface area (Å²) in [6, 6.07) is 18.2. The molecule has 2 amide bonds. The van der Waals surface area contributed by atoms with E-state index < -0.39 is 5.91 Å². The van der Waals surface area contributed by atoms with Gasteiger partial charge in [0.25, 0.3) is 5.91 Å². The van der Waals surface area contributed by atoms with Crippen LogP contribution in [-0.2, 0) is 9.59 Å². The van der Waals surface area contributed by atoms with Gasteiger partial charge in [0.05, 0.1) is 6.04 Å². The molecule has 2 N–H and O–H groups in total. The lowest BCUT2D eigenvalue weighted by Gasteiger charge is -2.13. The summed E-state index contributed by atoms with van der Waals surface area (Å²) in [5.74, 6) is -0.583. The SMILES string of the molecule is CC(=O)Nc1ccc(/C=C(\C#N)C(=O)N[C@H](C)c2ccccc2)cc1. The van der Waals surface area contributed by atoms with Crippen LogP contribution < -0.4 is 10.6 Å². The Bertz CT molecular complexity index is 818. The maximum atomic E-state index is 12.3. The third-order valence-electron chi connectivity index (χ3n) is 3.55. The van der Waals surface area contributed by atoms with Crippen molar-refractivity contribution < 1.29 is 9.59 Å². The Labute approximate surface area is 147 Å². The van der Waals surface area contributed by atoms with Crippen LogP contribution in [-0.4, -0.2) is 11.8 Å². The average molecular weight is 333 g/mol. The van der Waals surface area contributed by atoms with Crippen LogP contribution in [0.3, 0.4) is 0 Å². The van der Waals surface area contributed by atoms with Crippen molar-refractivity contribution >= 4 is 23.6 Å². The van der Waals surface area contributed by atoms with Crippen molar-refractivity contribution in [3.05, 3.63) is 71.3 Å². The molecule has 0 aliphatic heterocycles. The first-order valence-corrected chi connectivity index (χ1v) is 7.85. The lowest BCUT2D eigenvalue weighted by molar-refractivity contribution is -0.117. The van der Waals surface area contributed by atoms with E-state index in [1.165, 1.54) is 13.0 Å². The first-order chi connectivity index (χ1) is 12.0. The van der Waals surface area contributed by atoms with Crippen LogP contribution in [0.15, 0.2) is 60.2 Å². The number of nitrogens with zero attached hydrogens (tertiary/aromatic N) is 1. The number of carbonyl (C=O) groups excluding carboxylic acids is 2. The fourth-order valence-corrected chi connectivity index (χ4v) is 2.28. The third-order valence-corrected chi connectivity index (χ3v) is 3.55. The van der Waals surface area contributed by atoms with Gasteiger partial charge in [-0.15, -0.1) is 0 Å². The van der Waals surface area contributed by atoms with Gasteiger partial charge in [-0.1, -0.05) is 42.5 Å². The van der Waals surface area contributed by atoms with Crippen molar-refractivity contribution in [2.45, 2.75) is 19.9 Å². The summed E-state index contributed by atoms with van der Waals surface area (Å²) in [5, 5.41) is 14.8. The van der Waals surface area contributed by atoms with E-state index in [0.29, 0.717) is 11.3 Å². The van der Waals surface area contributed by atoms with Crippen molar-refractivity contribution in [3.63, 3.8) is 0 Å². The van der Waals surface area contributed by atoms with Crippen molar-refractivity contribution in [1.29, 1.82) is 5.26 Å². The predicted molar refractivity (Wildman–Crippen MR) is 97.3 cm³/mol. The number of rotatable bonds is 5. The van der Waals surface area contributed by atoms with Crippen LogP contribution in [0.5, 0.6) is 0 Å². The zero-order valence-corrected chi connectivity index (χ0v) is 14.1. The summed E-state index contributed by atoms with van der Waals surface area (Å²) >= 11 is 0. The number of benzene rings is 2. The molecule has 0 aliphatic rings. The quantitative estimate of drug-likeness (QED) is 0.649. The van der Waals surface area contributed by atoms with Gasteiger partial charge in [0.1, 0.15) is 11.6 Å². The maximum Gasteiger partial charge on any atom is 0.262 e. The molecule has 0 radical (unpaired) electrons. The normalized spacial score (nSPS) is 12.0. The summed E-state index contributed by atoms with van der Waals surface area (Å²) in [6.07, 6.45) is 1.52. The highest BCUT2D eigenvalue weighted by molar-refractivity contribution is 6.02. The van der Waals surface area contributed by atoms with E-state index in [0.717, 1.165) is 5.56 Å². The molecule has 5 heteroatoms. The van der Waals surface area contributed by atoms with Crippen LogP contribution >= 0.6 is 0 Å². The minimum Gasteiger partial charge on any atom is -0.345 e. The van der Waals surface area contributed by atoms with E-state index in [4.69, 9.17) is 0 Å². The van der Waals surface area contributed by atoms with Gasteiger partial charge < -0.3 is 10.6 Å². The topological polar surface area (TPSA) is 82.0 Å². The fourth-order valence-electron chi connectivity index (χ4n) is 2.28. The van der Waals surface area contributed by atoms with Crippen LogP contribution in [0, 0.1) is 11.3 Å². The van der Waals surface area contributed by atoms with Crippen LogP contribution in [0.1, 0.15) is 31.0 Å². The van der Waals surface area contributed by atoms with E-state index in [-0.39, 0.29) is 17.5 Å². The maximum absolute atomic E-state index is 12.3. The predicted octanol–water partition coefficient (Wildman–Crippen LogP) is 3.43. The van der Waals surface area contributed by atoms with Crippen LogP contribution in [0.4, 0.5) is 5.69 Å². The molecule has 0 spiro atoms. The standard InChI is InChI=1S/C20H19N3O2/c1-14(17-6-4-3-5-7-17)22-20(25)18(13-21)12-16-8-10-19(11-9-16)23-15(2)24/h3-12,14H,1-2H3,(H,22,25)(H,23,24)/b18-12+/t14-/m1/s1. The van der Waals surface area contributed by atoms with E-state index >= 15 is 0 Å². The number of nitrogens with one attached hydrogen (secondary N) is 2. The Hall–Kier alpha value is -3.39. The molecule has 2 aromatic rings. The van der Waals surface area contributed by atoms with E-state index in [9.17, 15) is 14.9 Å². The molecule has 0 unspecified atom stereocenters. The second kappa shape index (κ2) is 8.46. The van der Waals surface area contributed by atoms with Gasteiger partial charge in [-0.05, 0) is 36.3 Å². The number of nitriles is 1. The number of hydrogen-bond donors (Lipinski definition) is 2. The van der Waals surface area contributed by atoms with Crippen molar-refractivity contribution in [3.8, 4) is 6.07 Å². The second-order valence-corrected chi connectivity index (χ2v) is 5.58. The number of anilines is 1. The molecule has 1 atom stereocenters. The van der Waals surface area contributed by atoms with Gasteiger partial charge in [0, 0.05) is 12.6 Å².